The van der Waals surface area contributed by atoms with Crippen LogP contribution in [0.15, 0.2) is 48.5 Å². The molecule has 1 atom stereocenters. The van der Waals surface area contributed by atoms with E-state index >= 15 is 0 Å². The van der Waals surface area contributed by atoms with E-state index in [1.807, 2.05) is 39.0 Å². The summed E-state index contributed by atoms with van der Waals surface area (Å²) in [4.78, 5) is 12.2. The van der Waals surface area contributed by atoms with Crippen molar-refractivity contribution in [1.82, 2.24) is 0 Å². The molecule has 22 heavy (non-hydrogen) atoms. The maximum atomic E-state index is 12.8. The summed E-state index contributed by atoms with van der Waals surface area (Å²) >= 11 is 6.18. The van der Waals surface area contributed by atoms with E-state index in [1.165, 1.54) is 0 Å². The second-order valence-corrected chi connectivity index (χ2v) is 8.49. The summed E-state index contributed by atoms with van der Waals surface area (Å²) < 4.78 is 12.6. The van der Waals surface area contributed by atoms with Crippen LogP contribution in [0.2, 0.25) is 0 Å². The van der Waals surface area contributed by atoms with Gasteiger partial charge in [0.1, 0.15) is 7.80 Å². The third-order valence-corrected chi connectivity index (χ3v) is 5.65. The fraction of sp³-hybridized carbons (Fsp3) is 0.278. The van der Waals surface area contributed by atoms with Gasteiger partial charge in [-0.2, -0.15) is 0 Å². The number of carbonyl (C=O) groups is 1. The van der Waals surface area contributed by atoms with E-state index in [2.05, 4.69) is 0 Å². The average Bonchev–Trinajstić information content (AvgIpc) is 2.45. The van der Waals surface area contributed by atoms with Crippen molar-refractivity contribution < 1.29 is 9.36 Å². The van der Waals surface area contributed by atoms with Gasteiger partial charge in [0, 0.05) is 27.5 Å². The van der Waals surface area contributed by atoms with Crippen molar-refractivity contribution in [2.75, 3.05) is 6.16 Å². The lowest BCUT2D eigenvalue weighted by Gasteiger charge is -2.16. The molecule has 2 nitrogen and oxygen atoms in total. The first-order valence-electron chi connectivity index (χ1n) is 7.12. The van der Waals surface area contributed by atoms with Crippen molar-refractivity contribution in [1.29, 1.82) is 0 Å². The van der Waals surface area contributed by atoms with E-state index in [4.69, 9.17) is 11.6 Å². The van der Waals surface area contributed by atoms with Crippen LogP contribution >= 0.6 is 19.4 Å². The first-order valence-corrected chi connectivity index (χ1v) is 8.95. The Balaban J connectivity index is 2.43. The Morgan fingerprint density at radius 2 is 1.59 bits per heavy atom. The van der Waals surface area contributed by atoms with Gasteiger partial charge >= 0.3 is 0 Å². The molecule has 0 aliphatic carbocycles. The van der Waals surface area contributed by atoms with Crippen molar-refractivity contribution in [3.63, 3.8) is 0 Å². The van der Waals surface area contributed by atoms with Crippen LogP contribution in [0.5, 0.6) is 0 Å². The van der Waals surface area contributed by atoms with Gasteiger partial charge in [-0.25, -0.2) is 0 Å². The molecule has 2 aromatic carbocycles. The lowest BCUT2D eigenvalue weighted by Crippen LogP contribution is -2.20. The molecule has 1 radical (unpaired) electrons. The van der Waals surface area contributed by atoms with Gasteiger partial charge in [0.2, 0.25) is 0 Å². The zero-order valence-corrected chi connectivity index (χ0v) is 14.6. The van der Waals surface area contributed by atoms with E-state index in [0.717, 1.165) is 5.56 Å². The lowest BCUT2D eigenvalue weighted by atomic mass is 9.99. The van der Waals surface area contributed by atoms with E-state index in [1.54, 1.807) is 30.3 Å². The van der Waals surface area contributed by atoms with Gasteiger partial charge in [0.25, 0.3) is 0 Å². The zero-order chi connectivity index (χ0) is 16.3. The van der Waals surface area contributed by atoms with Crippen LogP contribution in [0, 0.1) is 6.92 Å². The Bertz CT molecular complexity index is 717. The molecule has 0 amide bonds. The number of halogens is 1. The summed E-state index contributed by atoms with van der Waals surface area (Å²) in [6, 6.07) is 14.5. The SMILES string of the molecule is Cc1ccccc1C(=O)c1ccccc1[P](=O)CC(C)(C)Cl. The molecule has 4 heteroatoms. The van der Waals surface area contributed by atoms with Crippen LogP contribution in [-0.4, -0.2) is 16.8 Å². The van der Waals surface area contributed by atoms with Crippen molar-refractivity contribution in [2.45, 2.75) is 25.6 Å². The van der Waals surface area contributed by atoms with Crippen molar-refractivity contribution in [2.24, 2.45) is 0 Å². The Morgan fingerprint density at radius 3 is 2.18 bits per heavy atom. The number of alkyl halides is 1. The fourth-order valence-corrected chi connectivity index (χ4v) is 4.16. The van der Waals surface area contributed by atoms with E-state index in [-0.39, 0.29) is 5.78 Å². The monoisotopic (exact) mass is 333 g/mol. The summed E-state index contributed by atoms with van der Waals surface area (Å²) in [6.07, 6.45) is 0.335. The van der Waals surface area contributed by atoms with Gasteiger partial charge in [-0.15, -0.1) is 11.6 Å². The van der Waals surface area contributed by atoms with E-state index in [0.29, 0.717) is 22.6 Å². The first-order chi connectivity index (χ1) is 10.3. The van der Waals surface area contributed by atoms with Crippen LogP contribution in [0.4, 0.5) is 0 Å². The summed E-state index contributed by atoms with van der Waals surface area (Å²) in [5, 5.41) is 0.583. The van der Waals surface area contributed by atoms with Crippen LogP contribution in [0.3, 0.4) is 0 Å². The third-order valence-electron chi connectivity index (χ3n) is 3.33. The summed E-state index contributed by atoms with van der Waals surface area (Å²) in [6.45, 7) is 5.55. The quantitative estimate of drug-likeness (QED) is 0.451. The molecule has 115 valence electrons. The molecular formula is C18H19ClO2P. The number of carbonyl (C=O) groups excluding carboxylic acids is 1. The number of hydrogen-bond acceptors (Lipinski definition) is 2. The maximum Gasteiger partial charge on any atom is 0.194 e. The minimum Gasteiger partial charge on any atom is -0.289 e. The Labute approximate surface area is 137 Å². The lowest BCUT2D eigenvalue weighted by molar-refractivity contribution is 0.103. The molecule has 0 bridgehead atoms. The summed E-state index contributed by atoms with van der Waals surface area (Å²) in [5.41, 5.74) is 2.05. The number of benzene rings is 2. The molecule has 2 aromatic rings. The predicted molar refractivity (Wildman–Crippen MR) is 93.1 cm³/mol. The van der Waals surface area contributed by atoms with Crippen LogP contribution < -0.4 is 5.30 Å². The minimum absolute atomic E-state index is 0.0931. The van der Waals surface area contributed by atoms with Crippen LogP contribution in [-0.2, 0) is 4.57 Å². The van der Waals surface area contributed by atoms with Crippen molar-refractivity contribution >= 4 is 30.5 Å². The Kier molecular flexibility index (Phi) is 5.16. The number of ketones is 1. The molecule has 0 aliphatic heterocycles. The maximum absolute atomic E-state index is 12.8. The molecule has 0 fully saturated rings. The van der Waals surface area contributed by atoms with E-state index < -0.39 is 12.7 Å². The molecule has 0 heterocycles. The molecular weight excluding hydrogens is 315 g/mol. The molecule has 0 aliphatic rings. The Hall–Kier alpha value is -1.50. The highest BCUT2D eigenvalue weighted by Gasteiger charge is 2.23. The van der Waals surface area contributed by atoms with Gasteiger partial charge in [0.05, 0.1) is 0 Å². The summed E-state index contributed by atoms with van der Waals surface area (Å²) in [5.74, 6) is -0.0931. The largest absolute Gasteiger partial charge is 0.289 e. The second-order valence-electron chi connectivity index (χ2n) is 5.92. The van der Waals surface area contributed by atoms with Gasteiger partial charge < -0.3 is 0 Å². The molecule has 0 saturated heterocycles. The minimum atomic E-state index is -1.72. The highest BCUT2D eigenvalue weighted by Crippen LogP contribution is 2.31. The van der Waals surface area contributed by atoms with Crippen LogP contribution in [0.1, 0.15) is 35.3 Å². The average molecular weight is 334 g/mol. The Morgan fingerprint density at radius 1 is 1.05 bits per heavy atom. The van der Waals surface area contributed by atoms with Crippen LogP contribution in [0.25, 0.3) is 0 Å². The van der Waals surface area contributed by atoms with Gasteiger partial charge in [0.15, 0.2) is 5.78 Å². The smallest absolute Gasteiger partial charge is 0.194 e. The first kappa shape index (κ1) is 16.9. The normalized spacial score (nSPS) is 12.1. The van der Waals surface area contributed by atoms with Crippen molar-refractivity contribution in [3.8, 4) is 0 Å². The molecule has 0 aromatic heterocycles. The topological polar surface area (TPSA) is 34.1 Å². The number of rotatable bonds is 5. The highest BCUT2D eigenvalue weighted by molar-refractivity contribution is 7.53. The van der Waals surface area contributed by atoms with E-state index in [9.17, 15) is 9.36 Å². The number of hydrogen-bond donors (Lipinski definition) is 0. The third kappa shape index (κ3) is 4.03. The second kappa shape index (κ2) is 6.73. The summed E-state index contributed by atoms with van der Waals surface area (Å²) in [7, 11) is -1.72. The molecule has 0 saturated carbocycles. The van der Waals surface area contributed by atoms with Gasteiger partial charge in [-0.1, -0.05) is 36.4 Å². The highest BCUT2D eigenvalue weighted by atomic mass is 35.5. The van der Waals surface area contributed by atoms with Gasteiger partial charge in [-0.05, 0) is 38.5 Å². The predicted octanol–water partition coefficient (Wildman–Crippen LogP) is 4.70. The molecule has 2 rings (SSSR count). The molecule has 0 spiro atoms. The fourth-order valence-electron chi connectivity index (χ4n) is 2.28. The van der Waals surface area contributed by atoms with Gasteiger partial charge in [-0.3, -0.25) is 9.36 Å². The molecule has 0 N–H and O–H groups in total. The molecule has 1 unspecified atom stereocenters. The van der Waals surface area contributed by atoms with Crippen molar-refractivity contribution in [3.05, 3.63) is 65.2 Å². The number of aryl methyl sites for hydroxylation is 1. The zero-order valence-electron chi connectivity index (χ0n) is 13.0. The standard InChI is InChI=1S/C18H19ClO2P/c1-13-8-4-5-9-14(13)17(20)15-10-6-7-11-16(15)22(21)12-18(2,3)19/h4-11H,12H2,1-3H3.